The molecule has 0 aliphatic heterocycles. The Balaban J connectivity index is 2.02. The first-order valence-corrected chi connectivity index (χ1v) is 7.31. The molecule has 96 valence electrons. The zero-order valence-electron chi connectivity index (χ0n) is 9.56. The van der Waals surface area contributed by atoms with Crippen LogP contribution in [0.5, 0.6) is 0 Å². The second-order valence-corrected chi connectivity index (χ2v) is 5.94. The topological polar surface area (TPSA) is 62.0 Å². The summed E-state index contributed by atoms with van der Waals surface area (Å²) >= 11 is 5.86. The Morgan fingerprint density at radius 2 is 2.00 bits per heavy atom. The lowest BCUT2D eigenvalue weighted by atomic mass is 10.2. The molecule has 0 bridgehead atoms. The monoisotopic (exact) mass is 284 g/mol. The molecule has 6 heteroatoms. The molecular weight excluding hydrogens is 272 g/mol. The maximum atomic E-state index is 12.0. The highest BCUT2D eigenvalue weighted by Crippen LogP contribution is 2.19. The molecule has 0 unspecified atom stereocenters. The molecular formula is C12H13ClN2O2S. The Labute approximate surface area is 111 Å². The van der Waals surface area contributed by atoms with Crippen LogP contribution in [0.2, 0.25) is 5.02 Å². The molecule has 2 aromatic rings. The minimum Gasteiger partial charge on any atom is -0.367 e. The van der Waals surface area contributed by atoms with Gasteiger partial charge < -0.3 is 4.98 Å². The quantitative estimate of drug-likeness (QED) is 0.884. The van der Waals surface area contributed by atoms with Crippen LogP contribution in [0.4, 0.5) is 0 Å². The van der Waals surface area contributed by atoms with E-state index in [0.717, 1.165) is 5.56 Å². The number of sulfonamides is 1. The third-order valence-corrected chi connectivity index (χ3v) is 4.46. The normalized spacial score (nSPS) is 11.6. The molecule has 2 N–H and O–H groups in total. The molecule has 0 amide bonds. The van der Waals surface area contributed by atoms with Gasteiger partial charge in [0.05, 0.1) is 5.02 Å². The van der Waals surface area contributed by atoms with Gasteiger partial charge in [-0.3, -0.25) is 0 Å². The fourth-order valence-corrected chi connectivity index (χ4v) is 3.13. The van der Waals surface area contributed by atoms with E-state index in [1.807, 2.05) is 12.3 Å². The minimum atomic E-state index is -3.54. The average molecular weight is 285 g/mol. The van der Waals surface area contributed by atoms with Crippen molar-refractivity contribution in [3.8, 4) is 0 Å². The molecule has 2 rings (SSSR count). The van der Waals surface area contributed by atoms with Gasteiger partial charge in [-0.2, -0.15) is 0 Å². The summed E-state index contributed by atoms with van der Waals surface area (Å²) < 4.78 is 26.5. The van der Waals surface area contributed by atoms with Gasteiger partial charge in [0.1, 0.15) is 4.90 Å². The molecule has 0 aliphatic carbocycles. The van der Waals surface area contributed by atoms with Crippen LogP contribution in [0.3, 0.4) is 0 Å². The Kier molecular flexibility index (Phi) is 4.06. The molecule has 1 heterocycles. The van der Waals surface area contributed by atoms with Gasteiger partial charge in [0.2, 0.25) is 10.0 Å². The van der Waals surface area contributed by atoms with E-state index >= 15 is 0 Å². The number of H-pyrrole nitrogens is 1. The molecule has 0 atom stereocenters. The first-order chi connectivity index (χ1) is 8.59. The van der Waals surface area contributed by atoms with Gasteiger partial charge in [-0.15, -0.1) is 0 Å². The summed E-state index contributed by atoms with van der Waals surface area (Å²) in [6, 6.07) is 8.29. The van der Waals surface area contributed by atoms with E-state index in [-0.39, 0.29) is 9.92 Å². The Bertz CT molecular complexity index is 609. The fourth-order valence-electron chi connectivity index (χ4n) is 1.58. The standard InChI is InChI=1S/C12H13ClN2O2S/c13-11-3-1-2-4-12(11)18(16,17)15-8-6-10-5-7-14-9-10/h1-5,7,9,14-15H,6,8H2. The van der Waals surface area contributed by atoms with E-state index in [2.05, 4.69) is 9.71 Å². The van der Waals surface area contributed by atoms with Gasteiger partial charge in [-0.1, -0.05) is 23.7 Å². The summed E-state index contributed by atoms with van der Waals surface area (Å²) in [7, 11) is -3.54. The van der Waals surface area contributed by atoms with E-state index in [1.165, 1.54) is 6.07 Å². The highest BCUT2D eigenvalue weighted by Gasteiger charge is 2.16. The van der Waals surface area contributed by atoms with Crippen LogP contribution < -0.4 is 4.72 Å². The van der Waals surface area contributed by atoms with Crippen molar-refractivity contribution in [3.05, 3.63) is 53.3 Å². The van der Waals surface area contributed by atoms with E-state index in [4.69, 9.17) is 11.6 Å². The summed E-state index contributed by atoms with van der Waals surface area (Å²) in [4.78, 5) is 3.03. The number of hydrogen-bond acceptors (Lipinski definition) is 2. The second-order valence-electron chi connectivity index (χ2n) is 3.80. The van der Waals surface area contributed by atoms with Crippen molar-refractivity contribution in [1.82, 2.24) is 9.71 Å². The van der Waals surface area contributed by atoms with Crippen LogP contribution >= 0.6 is 11.6 Å². The van der Waals surface area contributed by atoms with Crippen LogP contribution in [0.15, 0.2) is 47.6 Å². The number of aromatic amines is 1. The van der Waals surface area contributed by atoms with Crippen LogP contribution in [0, 0.1) is 0 Å². The van der Waals surface area contributed by atoms with Crippen molar-refractivity contribution in [2.24, 2.45) is 0 Å². The highest BCUT2D eigenvalue weighted by atomic mass is 35.5. The summed E-state index contributed by atoms with van der Waals surface area (Å²) in [6.45, 7) is 0.339. The maximum Gasteiger partial charge on any atom is 0.242 e. The number of aromatic nitrogens is 1. The number of nitrogens with one attached hydrogen (secondary N) is 2. The Hall–Kier alpha value is -1.30. The lowest BCUT2D eigenvalue weighted by Crippen LogP contribution is -2.26. The van der Waals surface area contributed by atoms with E-state index in [1.54, 1.807) is 24.4 Å². The largest absolute Gasteiger partial charge is 0.367 e. The second kappa shape index (κ2) is 5.56. The molecule has 0 spiro atoms. The molecule has 1 aromatic heterocycles. The van der Waals surface area contributed by atoms with Gasteiger partial charge >= 0.3 is 0 Å². The third-order valence-electron chi connectivity index (χ3n) is 2.49. The summed E-state index contributed by atoms with van der Waals surface area (Å²) in [5.41, 5.74) is 1.05. The average Bonchev–Trinajstić information content (AvgIpc) is 2.82. The number of hydrogen-bond donors (Lipinski definition) is 2. The smallest absolute Gasteiger partial charge is 0.242 e. The van der Waals surface area contributed by atoms with Crippen molar-refractivity contribution < 1.29 is 8.42 Å². The molecule has 1 aromatic carbocycles. The van der Waals surface area contributed by atoms with Crippen molar-refractivity contribution in [1.29, 1.82) is 0 Å². The van der Waals surface area contributed by atoms with Crippen LogP contribution in [-0.4, -0.2) is 19.9 Å². The van der Waals surface area contributed by atoms with E-state index < -0.39 is 10.0 Å². The molecule has 0 saturated carbocycles. The molecule has 4 nitrogen and oxygen atoms in total. The summed E-state index contributed by atoms with van der Waals surface area (Å²) in [5.74, 6) is 0. The lowest BCUT2D eigenvalue weighted by molar-refractivity contribution is 0.581. The van der Waals surface area contributed by atoms with Crippen molar-refractivity contribution in [2.45, 2.75) is 11.3 Å². The Morgan fingerprint density at radius 3 is 2.67 bits per heavy atom. The first kappa shape index (κ1) is 13.1. The van der Waals surface area contributed by atoms with Gasteiger partial charge in [0.25, 0.3) is 0 Å². The van der Waals surface area contributed by atoms with Crippen LogP contribution in [0.25, 0.3) is 0 Å². The third kappa shape index (κ3) is 3.13. The zero-order chi connectivity index (χ0) is 13.0. The predicted molar refractivity (Wildman–Crippen MR) is 71.1 cm³/mol. The number of rotatable bonds is 5. The van der Waals surface area contributed by atoms with Gasteiger partial charge in [0, 0.05) is 18.9 Å². The maximum absolute atomic E-state index is 12.0. The summed E-state index contributed by atoms with van der Waals surface area (Å²) in [6.07, 6.45) is 4.27. The molecule has 18 heavy (non-hydrogen) atoms. The Morgan fingerprint density at radius 1 is 1.22 bits per heavy atom. The zero-order valence-corrected chi connectivity index (χ0v) is 11.1. The van der Waals surface area contributed by atoms with Gasteiger partial charge in [0.15, 0.2) is 0 Å². The number of benzene rings is 1. The molecule has 0 aliphatic rings. The molecule has 0 saturated heterocycles. The van der Waals surface area contributed by atoms with Gasteiger partial charge in [-0.05, 0) is 30.2 Å². The predicted octanol–water partition coefficient (Wildman–Crippen LogP) is 2.19. The molecule has 0 radical (unpaired) electrons. The minimum absolute atomic E-state index is 0.112. The first-order valence-electron chi connectivity index (χ1n) is 5.45. The van der Waals surface area contributed by atoms with E-state index in [9.17, 15) is 8.42 Å². The van der Waals surface area contributed by atoms with Crippen LogP contribution in [0.1, 0.15) is 5.56 Å². The van der Waals surface area contributed by atoms with Crippen molar-refractivity contribution in [3.63, 3.8) is 0 Å². The summed E-state index contributed by atoms with van der Waals surface area (Å²) in [5, 5.41) is 0.228. The highest BCUT2D eigenvalue weighted by molar-refractivity contribution is 7.89. The SMILES string of the molecule is O=S(=O)(NCCc1cc[nH]c1)c1ccccc1Cl. The van der Waals surface area contributed by atoms with Crippen LogP contribution in [-0.2, 0) is 16.4 Å². The van der Waals surface area contributed by atoms with Crippen molar-refractivity contribution in [2.75, 3.05) is 6.54 Å². The van der Waals surface area contributed by atoms with Crippen molar-refractivity contribution >= 4 is 21.6 Å². The fraction of sp³-hybridized carbons (Fsp3) is 0.167. The van der Waals surface area contributed by atoms with E-state index in [0.29, 0.717) is 13.0 Å². The lowest BCUT2D eigenvalue weighted by Gasteiger charge is -2.07. The number of halogens is 1. The molecule has 0 fully saturated rings. The van der Waals surface area contributed by atoms with Gasteiger partial charge in [-0.25, -0.2) is 13.1 Å².